The topological polar surface area (TPSA) is 69.6 Å². The summed E-state index contributed by atoms with van der Waals surface area (Å²) < 4.78 is 0. The molecule has 3 atom stereocenters. The molecule has 0 aliphatic carbocycles. The molecule has 0 aromatic rings. The smallest absolute Gasteiger partial charge is 0.317 e. The summed E-state index contributed by atoms with van der Waals surface area (Å²) in [5.74, 6) is -1.05. The zero-order valence-corrected chi connectivity index (χ0v) is 12.9. The van der Waals surface area contributed by atoms with Gasteiger partial charge in [-0.1, -0.05) is 20.3 Å². The van der Waals surface area contributed by atoms with Crippen molar-refractivity contribution in [2.75, 3.05) is 6.54 Å². The summed E-state index contributed by atoms with van der Waals surface area (Å²) in [4.78, 5) is 24.8. The number of nitrogens with one attached hydrogen (secondary N) is 1. The van der Waals surface area contributed by atoms with Crippen LogP contribution in [0.2, 0.25) is 0 Å². The van der Waals surface area contributed by atoms with Crippen molar-refractivity contribution in [1.82, 2.24) is 10.2 Å². The number of hydrogen-bond acceptors (Lipinski definition) is 2. The van der Waals surface area contributed by atoms with E-state index in [2.05, 4.69) is 12.2 Å². The van der Waals surface area contributed by atoms with E-state index in [0.29, 0.717) is 12.5 Å². The normalized spacial score (nSPS) is 21.6. The van der Waals surface area contributed by atoms with E-state index in [4.69, 9.17) is 5.11 Å². The number of amides is 2. The monoisotopic (exact) mass is 284 g/mol. The van der Waals surface area contributed by atoms with Gasteiger partial charge in [0.1, 0.15) is 0 Å². The van der Waals surface area contributed by atoms with Crippen LogP contribution in [-0.2, 0) is 4.79 Å². The lowest BCUT2D eigenvalue weighted by Crippen LogP contribution is -2.45. The molecule has 2 N–H and O–H groups in total. The maximum Gasteiger partial charge on any atom is 0.317 e. The van der Waals surface area contributed by atoms with Crippen LogP contribution in [0.25, 0.3) is 0 Å². The standard InChI is InChI=1S/C15H28N2O3/c1-4-13-9-6-10-17(13)15(20)16-12(3)8-5-7-11(2)14(18)19/h11-13H,4-10H2,1-3H3,(H,16,20)(H,18,19). The van der Waals surface area contributed by atoms with Crippen LogP contribution in [0.5, 0.6) is 0 Å². The van der Waals surface area contributed by atoms with Crippen LogP contribution < -0.4 is 5.32 Å². The van der Waals surface area contributed by atoms with E-state index >= 15 is 0 Å². The number of likely N-dealkylation sites (tertiary alicyclic amines) is 1. The zero-order valence-electron chi connectivity index (χ0n) is 12.9. The van der Waals surface area contributed by atoms with Gasteiger partial charge in [-0.25, -0.2) is 4.79 Å². The maximum absolute atomic E-state index is 12.2. The summed E-state index contributed by atoms with van der Waals surface area (Å²) in [6.45, 7) is 6.68. The Morgan fingerprint density at radius 1 is 1.35 bits per heavy atom. The molecule has 1 fully saturated rings. The Kier molecular flexibility index (Phi) is 6.82. The van der Waals surface area contributed by atoms with Gasteiger partial charge in [-0.3, -0.25) is 4.79 Å². The molecule has 0 radical (unpaired) electrons. The minimum absolute atomic E-state index is 0.0353. The molecular weight excluding hydrogens is 256 g/mol. The number of nitrogens with zero attached hydrogens (tertiary/aromatic N) is 1. The van der Waals surface area contributed by atoms with Crippen LogP contribution in [0.4, 0.5) is 4.79 Å². The molecule has 1 saturated heterocycles. The lowest BCUT2D eigenvalue weighted by Gasteiger charge is -2.26. The first-order valence-corrected chi connectivity index (χ1v) is 7.75. The molecule has 0 spiro atoms. The molecule has 1 aliphatic rings. The Labute approximate surface area is 121 Å². The highest BCUT2D eigenvalue weighted by molar-refractivity contribution is 5.75. The molecule has 0 aromatic carbocycles. The Bertz CT molecular complexity index is 333. The van der Waals surface area contributed by atoms with Gasteiger partial charge >= 0.3 is 12.0 Å². The molecule has 1 rings (SSSR count). The highest BCUT2D eigenvalue weighted by atomic mass is 16.4. The van der Waals surface area contributed by atoms with Gasteiger partial charge in [-0.05, 0) is 39.0 Å². The van der Waals surface area contributed by atoms with Gasteiger partial charge in [-0.2, -0.15) is 0 Å². The molecular formula is C15H28N2O3. The number of urea groups is 1. The Hall–Kier alpha value is -1.26. The van der Waals surface area contributed by atoms with E-state index in [1.807, 2.05) is 11.8 Å². The van der Waals surface area contributed by atoms with Crippen molar-refractivity contribution in [3.63, 3.8) is 0 Å². The number of aliphatic carboxylic acids is 1. The summed E-state index contributed by atoms with van der Waals surface area (Å²) >= 11 is 0. The van der Waals surface area contributed by atoms with Gasteiger partial charge in [0, 0.05) is 18.6 Å². The number of rotatable bonds is 7. The van der Waals surface area contributed by atoms with E-state index in [0.717, 1.165) is 38.6 Å². The molecule has 20 heavy (non-hydrogen) atoms. The second-order valence-electron chi connectivity index (χ2n) is 5.92. The molecule has 3 unspecified atom stereocenters. The van der Waals surface area contributed by atoms with Crippen molar-refractivity contribution in [3.8, 4) is 0 Å². The van der Waals surface area contributed by atoms with Gasteiger partial charge in [0.15, 0.2) is 0 Å². The fraction of sp³-hybridized carbons (Fsp3) is 0.867. The Morgan fingerprint density at radius 2 is 2.05 bits per heavy atom. The van der Waals surface area contributed by atoms with Crippen LogP contribution in [0.1, 0.15) is 59.3 Å². The number of carbonyl (C=O) groups excluding carboxylic acids is 1. The van der Waals surface area contributed by atoms with Crippen molar-refractivity contribution in [1.29, 1.82) is 0 Å². The maximum atomic E-state index is 12.2. The molecule has 0 bridgehead atoms. The van der Waals surface area contributed by atoms with Gasteiger partial charge in [-0.15, -0.1) is 0 Å². The number of carboxylic acids is 1. The molecule has 2 amide bonds. The highest BCUT2D eigenvalue weighted by Gasteiger charge is 2.27. The first-order chi connectivity index (χ1) is 9.45. The predicted octanol–water partition coefficient (Wildman–Crippen LogP) is 2.85. The van der Waals surface area contributed by atoms with Gasteiger partial charge in [0.2, 0.25) is 0 Å². The third-order valence-electron chi connectivity index (χ3n) is 4.17. The second kappa shape index (κ2) is 8.12. The highest BCUT2D eigenvalue weighted by Crippen LogP contribution is 2.20. The van der Waals surface area contributed by atoms with E-state index in [9.17, 15) is 9.59 Å². The van der Waals surface area contributed by atoms with Gasteiger partial charge in [0.25, 0.3) is 0 Å². The number of hydrogen-bond donors (Lipinski definition) is 2. The fourth-order valence-corrected chi connectivity index (χ4v) is 2.75. The van der Waals surface area contributed by atoms with Crippen molar-refractivity contribution in [2.24, 2.45) is 5.92 Å². The van der Waals surface area contributed by atoms with Crippen LogP contribution in [0.3, 0.4) is 0 Å². The third kappa shape index (κ3) is 5.02. The van der Waals surface area contributed by atoms with Crippen LogP contribution in [-0.4, -0.2) is 40.6 Å². The summed E-state index contributed by atoms with van der Waals surface area (Å²) in [6, 6.07) is 0.518. The second-order valence-corrected chi connectivity index (χ2v) is 5.92. The van der Waals surface area contributed by atoms with Crippen LogP contribution >= 0.6 is 0 Å². The van der Waals surface area contributed by atoms with Crippen molar-refractivity contribution in [3.05, 3.63) is 0 Å². The summed E-state index contributed by atoms with van der Waals surface area (Å²) in [5, 5.41) is 11.8. The molecule has 1 aliphatic heterocycles. The first kappa shape index (κ1) is 16.8. The van der Waals surface area contributed by atoms with Crippen LogP contribution in [0, 0.1) is 5.92 Å². The zero-order chi connectivity index (χ0) is 15.1. The van der Waals surface area contributed by atoms with Crippen molar-refractivity contribution < 1.29 is 14.7 Å². The minimum Gasteiger partial charge on any atom is -0.481 e. The molecule has 5 heteroatoms. The fourth-order valence-electron chi connectivity index (χ4n) is 2.75. The van der Waals surface area contributed by atoms with Gasteiger partial charge in [0.05, 0.1) is 5.92 Å². The van der Waals surface area contributed by atoms with E-state index in [1.54, 1.807) is 6.92 Å². The summed E-state index contributed by atoms with van der Waals surface area (Å²) in [5.41, 5.74) is 0. The molecule has 116 valence electrons. The SMILES string of the molecule is CCC1CCCN1C(=O)NC(C)CCCC(C)C(=O)O. The van der Waals surface area contributed by atoms with Crippen LogP contribution in [0.15, 0.2) is 0 Å². The third-order valence-corrected chi connectivity index (χ3v) is 4.17. The number of carbonyl (C=O) groups is 2. The lowest BCUT2D eigenvalue weighted by atomic mass is 10.0. The van der Waals surface area contributed by atoms with Gasteiger partial charge < -0.3 is 15.3 Å². The Morgan fingerprint density at radius 3 is 2.65 bits per heavy atom. The minimum atomic E-state index is -0.746. The van der Waals surface area contributed by atoms with Crippen molar-refractivity contribution >= 4 is 12.0 Å². The lowest BCUT2D eigenvalue weighted by molar-refractivity contribution is -0.141. The Balaban J connectivity index is 2.26. The average molecular weight is 284 g/mol. The molecule has 1 heterocycles. The largest absolute Gasteiger partial charge is 0.481 e. The molecule has 0 saturated carbocycles. The van der Waals surface area contributed by atoms with E-state index in [1.165, 1.54) is 0 Å². The predicted molar refractivity (Wildman–Crippen MR) is 78.7 cm³/mol. The molecule has 5 nitrogen and oxygen atoms in total. The summed E-state index contributed by atoms with van der Waals surface area (Å²) in [7, 11) is 0. The quantitative estimate of drug-likeness (QED) is 0.755. The first-order valence-electron chi connectivity index (χ1n) is 7.75. The van der Waals surface area contributed by atoms with E-state index in [-0.39, 0.29) is 18.0 Å². The molecule has 0 aromatic heterocycles. The number of carboxylic acid groups (broad SMARTS) is 1. The van der Waals surface area contributed by atoms with Crippen molar-refractivity contribution in [2.45, 2.75) is 71.4 Å². The van der Waals surface area contributed by atoms with E-state index < -0.39 is 5.97 Å². The average Bonchev–Trinajstić information content (AvgIpc) is 2.86. The summed E-state index contributed by atoms with van der Waals surface area (Å²) in [6.07, 6.45) is 5.53.